The molecular weight excluding hydrogens is 399 g/mol. The van der Waals surface area contributed by atoms with Gasteiger partial charge >= 0.3 is 0 Å². The van der Waals surface area contributed by atoms with Crippen molar-refractivity contribution in [1.29, 1.82) is 0 Å². The van der Waals surface area contributed by atoms with Crippen molar-refractivity contribution in [2.45, 2.75) is 24.9 Å². The molecule has 0 radical (unpaired) electrons. The van der Waals surface area contributed by atoms with Gasteiger partial charge < -0.3 is 24.4 Å². The fourth-order valence-electron chi connectivity index (χ4n) is 4.31. The number of hydrogen-bond acceptors (Lipinski definition) is 8. The third-order valence-electron chi connectivity index (χ3n) is 5.94. The molecule has 0 atom stereocenters. The Hall–Kier alpha value is -2.30. The monoisotopic (exact) mass is 420 g/mol. The highest BCUT2D eigenvalue weighted by Gasteiger charge is 2.72. The van der Waals surface area contributed by atoms with Crippen molar-refractivity contribution < 1.29 is 23.4 Å². The molecule has 6 rings (SSSR count). The van der Waals surface area contributed by atoms with E-state index in [1.54, 1.807) is 19.4 Å². The molecule has 3 saturated carbocycles. The summed E-state index contributed by atoms with van der Waals surface area (Å²) in [5, 5.41) is 2.91. The van der Waals surface area contributed by atoms with E-state index in [4.69, 9.17) is 14.2 Å². The Labute approximate surface area is 171 Å². The van der Waals surface area contributed by atoms with Crippen molar-refractivity contribution in [3.8, 4) is 10.8 Å². The lowest BCUT2D eigenvalue weighted by atomic mass is 9.41. The Balaban J connectivity index is 1.21. The van der Waals surface area contributed by atoms with E-state index in [9.17, 15) is 9.18 Å². The molecule has 3 heterocycles. The summed E-state index contributed by atoms with van der Waals surface area (Å²) in [4.78, 5) is 22.8. The van der Waals surface area contributed by atoms with Gasteiger partial charge in [0.15, 0.2) is 5.13 Å². The lowest BCUT2D eigenvalue weighted by Gasteiger charge is -2.67. The van der Waals surface area contributed by atoms with Crippen molar-refractivity contribution >= 4 is 28.2 Å². The molecule has 10 heteroatoms. The van der Waals surface area contributed by atoms with E-state index >= 15 is 0 Å². The number of rotatable bonds is 6. The first-order valence-electron chi connectivity index (χ1n) is 9.51. The highest BCUT2D eigenvalue weighted by atomic mass is 32.1. The van der Waals surface area contributed by atoms with Gasteiger partial charge in [0.2, 0.25) is 11.0 Å². The van der Waals surface area contributed by atoms with Crippen molar-refractivity contribution in [3.05, 3.63) is 24.3 Å². The number of methoxy groups -OCH3 is 1. The van der Waals surface area contributed by atoms with Gasteiger partial charge in [-0.05, 0) is 31.4 Å². The first-order valence-corrected chi connectivity index (χ1v) is 10.3. The van der Waals surface area contributed by atoms with E-state index in [0.29, 0.717) is 38.2 Å². The maximum absolute atomic E-state index is 14.2. The second kappa shape index (κ2) is 6.89. The Morgan fingerprint density at radius 3 is 2.72 bits per heavy atom. The van der Waals surface area contributed by atoms with Gasteiger partial charge in [0.05, 0.1) is 30.4 Å². The third kappa shape index (κ3) is 3.24. The number of carbonyl (C=O) groups excluding carboxylic acids is 1. The molecule has 4 fully saturated rings. The molecule has 0 unspecified atom stereocenters. The molecule has 1 aliphatic heterocycles. The number of nitrogens with one attached hydrogen (secondary N) is 1. The molecule has 29 heavy (non-hydrogen) atoms. The van der Waals surface area contributed by atoms with Crippen LogP contribution in [0, 0.1) is 11.4 Å². The second-order valence-electron chi connectivity index (χ2n) is 7.80. The first-order chi connectivity index (χ1) is 14.0. The number of halogens is 1. The van der Waals surface area contributed by atoms with Gasteiger partial charge in [0, 0.05) is 20.2 Å². The molecule has 0 aromatic carbocycles. The lowest BCUT2D eigenvalue weighted by molar-refractivity contribution is -0.260. The molecule has 1 saturated heterocycles. The van der Waals surface area contributed by atoms with Crippen LogP contribution in [0.4, 0.5) is 15.3 Å². The molecule has 2 aromatic rings. The van der Waals surface area contributed by atoms with Crippen LogP contribution < -0.4 is 15.0 Å². The number of thiazole rings is 1. The molecule has 4 aliphatic rings. The highest BCUT2D eigenvalue weighted by Crippen LogP contribution is 2.69. The quantitative estimate of drug-likeness (QED) is 0.769. The van der Waals surface area contributed by atoms with Crippen LogP contribution >= 0.6 is 11.3 Å². The second-order valence-corrected chi connectivity index (χ2v) is 8.76. The van der Waals surface area contributed by atoms with E-state index in [0.717, 1.165) is 30.2 Å². The number of nitrogens with zero attached hydrogens (tertiary/aromatic N) is 3. The molecule has 154 valence electrons. The van der Waals surface area contributed by atoms with Gasteiger partial charge in [-0.1, -0.05) is 11.3 Å². The lowest BCUT2D eigenvalue weighted by Crippen LogP contribution is -2.72. The normalized spacial score (nSPS) is 27.7. The van der Waals surface area contributed by atoms with Gasteiger partial charge in [-0.15, -0.1) is 0 Å². The van der Waals surface area contributed by atoms with E-state index in [1.165, 1.54) is 0 Å². The number of anilines is 2. The number of hydrogen-bond donors (Lipinski definition) is 1. The summed E-state index contributed by atoms with van der Waals surface area (Å²) in [6, 6.07) is 3.57. The molecule has 2 bridgehead atoms. The largest absolute Gasteiger partial charge is 0.440 e. The zero-order chi connectivity index (χ0) is 20.1. The summed E-state index contributed by atoms with van der Waals surface area (Å²) in [7, 11) is 1.67. The summed E-state index contributed by atoms with van der Waals surface area (Å²) in [5.41, 5.74) is -0.515. The number of aromatic nitrogens is 2. The number of pyridine rings is 1. The smallest absolute Gasteiger partial charge is 0.269 e. The highest BCUT2D eigenvalue weighted by molar-refractivity contribution is 7.17. The Bertz CT molecular complexity index is 909. The predicted octanol–water partition coefficient (Wildman–Crippen LogP) is 2.81. The third-order valence-corrected chi connectivity index (χ3v) is 6.76. The Kier molecular flexibility index (Phi) is 4.45. The van der Waals surface area contributed by atoms with E-state index < -0.39 is 11.4 Å². The van der Waals surface area contributed by atoms with E-state index in [2.05, 4.69) is 20.2 Å². The zero-order valence-electron chi connectivity index (χ0n) is 15.9. The Morgan fingerprint density at radius 1 is 1.31 bits per heavy atom. The van der Waals surface area contributed by atoms with Crippen LogP contribution in [-0.2, 0) is 14.3 Å². The molecular formula is C19H21FN4O4S. The number of morpholine rings is 1. The van der Waals surface area contributed by atoms with Gasteiger partial charge in [-0.2, -0.15) is 9.37 Å². The van der Waals surface area contributed by atoms with Gasteiger partial charge in [-0.25, -0.2) is 4.98 Å². The number of amides is 1. The van der Waals surface area contributed by atoms with Crippen molar-refractivity contribution in [3.63, 3.8) is 0 Å². The molecule has 1 N–H and O–H groups in total. The van der Waals surface area contributed by atoms with Crippen molar-refractivity contribution in [1.82, 2.24) is 9.97 Å². The molecule has 8 nitrogen and oxygen atoms in total. The van der Waals surface area contributed by atoms with Crippen molar-refractivity contribution in [2.24, 2.45) is 5.41 Å². The molecule has 3 aliphatic carbocycles. The first kappa shape index (κ1) is 18.7. The maximum Gasteiger partial charge on any atom is 0.269 e. The van der Waals surface area contributed by atoms with Crippen LogP contribution in [0.3, 0.4) is 0 Å². The number of carbonyl (C=O) groups is 1. The fraction of sp³-hybridized carbons (Fsp3) is 0.526. The summed E-state index contributed by atoms with van der Waals surface area (Å²) in [6.45, 7) is 2.92. The van der Waals surface area contributed by atoms with Crippen LogP contribution in [-0.4, -0.2) is 54.9 Å². The Morgan fingerprint density at radius 2 is 2.07 bits per heavy atom. The summed E-state index contributed by atoms with van der Waals surface area (Å²) < 4.78 is 30.5. The molecule has 1 amide bonds. The minimum absolute atomic E-state index is 0.00724. The van der Waals surface area contributed by atoms with Crippen LogP contribution in [0.5, 0.6) is 10.8 Å². The topological polar surface area (TPSA) is 85.8 Å². The van der Waals surface area contributed by atoms with E-state index in [-0.39, 0.29) is 21.7 Å². The molecule has 2 aromatic heterocycles. The molecule has 0 spiro atoms. The summed E-state index contributed by atoms with van der Waals surface area (Å²) in [5.74, 6) is 0.344. The average Bonchev–Trinajstić information content (AvgIpc) is 3.00. The van der Waals surface area contributed by atoms with Crippen LogP contribution in [0.25, 0.3) is 0 Å². The zero-order valence-corrected chi connectivity index (χ0v) is 16.8. The van der Waals surface area contributed by atoms with Gasteiger partial charge in [0.1, 0.15) is 11.6 Å². The van der Waals surface area contributed by atoms with Crippen LogP contribution in [0.1, 0.15) is 19.3 Å². The maximum atomic E-state index is 14.2. The van der Waals surface area contributed by atoms with Gasteiger partial charge in [-0.3, -0.25) is 4.79 Å². The van der Waals surface area contributed by atoms with Crippen LogP contribution in [0.15, 0.2) is 18.3 Å². The van der Waals surface area contributed by atoms with E-state index in [1.807, 2.05) is 6.07 Å². The summed E-state index contributed by atoms with van der Waals surface area (Å²) in [6.07, 6.45) is 3.68. The SMILES string of the molecule is COC12CC(C(=O)Nc3nc(F)c(Oc4ccc(N5CCOCC5)nc4)s3)(C1)C2. The van der Waals surface area contributed by atoms with Crippen LogP contribution in [0.2, 0.25) is 0 Å². The summed E-state index contributed by atoms with van der Waals surface area (Å²) >= 11 is 0.962. The van der Waals surface area contributed by atoms with Gasteiger partial charge in [0.25, 0.3) is 5.95 Å². The number of ether oxygens (including phenoxy) is 3. The van der Waals surface area contributed by atoms with Crippen molar-refractivity contribution in [2.75, 3.05) is 43.6 Å². The minimum atomic E-state index is -0.756. The average molecular weight is 420 g/mol. The standard InChI is InChI=1S/C19H21FN4O4S/c1-26-19-9-18(10-19,11-19)16(25)23-17-22-14(20)15(29-17)28-12-2-3-13(21-8-12)24-4-6-27-7-5-24/h2-3,8H,4-7,9-11H2,1H3,(H,22,23,25). The fourth-order valence-corrected chi connectivity index (χ4v) is 5.02. The minimum Gasteiger partial charge on any atom is -0.440 e. The predicted molar refractivity (Wildman–Crippen MR) is 104 cm³/mol.